The fraction of sp³-hybridized carbons (Fsp3) is 0.218. The predicted octanol–water partition coefficient (Wildman–Crippen LogP) is 23.2. The van der Waals surface area contributed by atoms with Crippen LogP contribution in [0.25, 0.3) is 0 Å². The number of rotatable bonds is 14. The molecule has 0 spiro atoms. The van der Waals surface area contributed by atoms with E-state index in [1.54, 1.807) is 72.8 Å². The molecule has 510 valence electrons. The predicted molar refractivity (Wildman–Crippen MR) is 407 cm³/mol. The Morgan fingerprint density at radius 1 is 0.283 bits per heavy atom. The Hall–Kier alpha value is -9.28. The molecule has 0 bridgehead atoms. The zero-order valence-corrected chi connectivity index (χ0v) is 60.2. The summed E-state index contributed by atoms with van der Waals surface area (Å²) in [6.45, 7) is 19.2. The Morgan fingerprint density at radius 2 is 0.545 bits per heavy atom. The van der Waals surface area contributed by atoms with Crippen LogP contribution in [0.2, 0.25) is 20.1 Å². The van der Waals surface area contributed by atoms with Crippen LogP contribution in [0, 0.1) is 5.92 Å². The van der Waals surface area contributed by atoms with Crippen molar-refractivity contribution in [3.8, 4) is 46.0 Å². The molecule has 0 amide bonds. The smallest absolute Gasteiger partial charge is 0.134 e. The van der Waals surface area contributed by atoms with Crippen LogP contribution in [-0.4, -0.2) is 40.9 Å². The van der Waals surface area contributed by atoms with Crippen molar-refractivity contribution < 1.29 is 40.9 Å². The van der Waals surface area contributed by atoms with Gasteiger partial charge in [-0.1, -0.05) is 266 Å². The summed E-state index contributed by atoms with van der Waals surface area (Å²) in [6.07, 6.45) is 7.88. The first-order chi connectivity index (χ1) is 46.9. The lowest BCUT2D eigenvalue weighted by molar-refractivity contribution is 0.426. The van der Waals surface area contributed by atoms with E-state index in [1.165, 1.54) is 17.5 Å². The fourth-order valence-electron chi connectivity index (χ4n) is 12.9. The Bertz CT molecular complexity index is 4290. The molecule has 99 heavy (non-hydrogen) atoms. The van der Waals surface area contributed by atoms with E-state index in [4.69, 9.17) is 46.4 Å². The molecule has 0 radical (unpaired) electrons. The highest BCUT2D eigenvalue weighted by molar-refractivity contribution is 6.33. The summed E-state index contributed by atoms with van der Waals surface area (Å²) >= 11 is 24.5. The molecule has 11 aromatic carbocycles. The molecule has 1 unspecified atom stereocenters. The number of halogens is 4. The van der Waals surface area contributed by atoms with Gasteiger partial charge >= 0.3 is 0 Å². The fourth-order valence-corrected chi connectivity index (χ4v) is 13.7. The van der Waals surface area contributed by atoms with E-state index in [9.17, 15) is 40.9 Å². The van der Waals surface area contributed by atoms with Crippen molar-refractivity contribution in [2.24, 2.45) is 5.92 Å². The zero-order valence-electron chi connectivity index (χ0n) is 57.2. The Balaban J connectivity index is 0.000000155. The standard InChI is InChI=1S/2C24H24Cl2O2.C20H18O2.C19H20O2/c1-23(2,17-9-11-21(27)19(25)13-17)15-5-7-16(8-6-15)24(3,4)18-10-12-22(28)20(26)14-18;1-23(2,17-8-10-21(27)19(25)13-17)15-6-5-7-16(12-15)24(3,4)18-9-11-22(28)20(26)14-18;1-20(15-5-3-2-4-6-15,16-7-11-18(21)12-8-16)17-9-13-19(22)14-10-17;20-17-10-6-15(7-11-17)19(14-4-2-1-3-5-14)16-8-12-18(21)13-9-16/h2*5-14,27-28H,1-4H3;2-14,21-22H,1H3;1-2,6-14,19-21H,3-5H2. The molecule has 0 saturated heterocycles. The quantitative estimate of drug-likeness (QED) is 0.0394. The summed E-state index contributed by atoms with van der Waals surface area (Å²) in [5.41, 5.74) is 13.0. The Labute approximate surface area is 603 Å². The lowest BCUT2D eigenvalue weighted by Crippen LogP contribution is -2.25. The number of hydrogen-bond acceptors (Lipinski definition) is 8. The zero-order chi connectivity index (χ0) is 71.6. The molecule has 0 aliphatic heterocycles. The van der Waals surface area contributed by atoms with Gasteiger partial charge in [0.05, 0.1) is 20.1 Å². The lowest BCUT2D eigenvalue weighted by Gasteiger charge is -2.32. The van der Waals surface area contributed by atoms with Crippen LogP contribution in [0.15, 0.2) is 261 Å². The van der Waals surface area contributed by atoms with Crippen molar-refractivity contribution in [1.29, 1.82) is 0 Å². The van der Waals surface area contributed by atoms with Gasteiger partial charge in [0, 0.05) is 33.0 Å². The summed E-state index contributed by atoms with van der Waals surface area (Å²) in [5, 5.41) is 78.4. The highest BCUT2D eigenvalue weighted by Gasteiger charge is 2.33. The van der Waals surface area contributed by atoms with Crippen molar-refractivity contribution in [2.75, 3.05) is 0 Å². The highest BCUT2D eigenvalue weighted by Crippen LogP contribution is 2.45. The van der Waals surface area contributed by atoms with Gasteiger partial charge < -0.3 is 40.9 Å². The van der Waals surface area contributed by atoms with Gasteiger partial charge in [-0.05, 0) is 201 Å². The van der Waals surface area contributed by atoms with E-state index < -0.39 is 0 Å². The maximum absolute atomic E-state index is 9.74. The number of phenols is 8. The van der Waals surface area contributed by atoms with Crippen molar-refractivity contribution in [1.82, 2.24) is 0 Å². The molecule has 1 aliphatic carbocycles. The van der Waals surface area contributed by atoms with Crippen LogP contribution in [0.3, 0.4) is 0 Å². The minimum atomic E-state index is -0.358. The second kappa shape index (κ2) is 31.3. The monoisotopic (exact) mass is 1400 g/mol. The first-order valence-electron chi connectivity index (χ1n) is 33.0. The molecule has 8 N–H and O–H groups in total. The van der Waals surface area contributed by atoms with E-state index in [0.717, 1.165) is 74.0 Å². The van der Waals surface area contributed by atoms with Crippen molar-refractivity contribution in [2.45, 2.75) is 115 Å². The van der Waals surface area contributed by atoms with Crippen LogP contribution in [0.5, 0.6) is 46.0 Å². The number of aromatic hydroxyl groups is 8. The van der Waals surface area contributed by atoms with Gasteiger partial charge in [-0.25, -0.2) is 0 Å². The van der Waals surface area contributed by atoms with Gasteiger partial charge in [0.2, 0.25) is 0 Å². The van der Waals surface area contributed by atoms with Crippen LogP contribution < -0.4 is 0 Å². The molecule has 11 aromatic rings. The van der Waals surface area contributed by atoms with Crippen molar-refractivity contribution in [3.05, 3.63) is 353 Å². The summed E-state index contributed by atoms with van der Waals surface area (Å²) in [4.78, 5) is 0. The number of benzene rings is 11. The first kappa shape index (κ1) is 74.0. The molecule has 12 rings (SSSR count). The van der Waals surface area contributed by atoms with Gasteiger partial charge in [-0.2, -0.15) is 0 Å². The molecular weight excluding hydrogens is 1310 g/mol. The number of hydrogen-bond donors (Lipinski definition) is 8. The van der Waals surface area contributed by atoms with Crippen molar-refractivity contribution >= 4 is 46.4 Å². The van der Waals surface area contributed by atoms with E-state index in [0.29, 0.717) is 43.4 Å². The molecule has 0 saturated carbocycles. The molecule has 12 heteroatoms. The van der Waals surface area contributed by atoms with Crippen LogP contribution in [0.4, 0.5) is 0 Å². The van der Waals surface area contributed by atoms with Gasteiger partial charge in [-0.15, -0.1) is 0 Å². The summed E-state index contributed by atoms with van der Waals surface area (Å²) in [6, 6.07) is 78.2. The Morgan fingerprint density at radius 3 is 0.848 bits per heavy atom. The molecule has 0 aromatic heterocycles. The molecule has 1 aliphatic rings. The lowest BCUT2D eigenvalue weighted by atomic mass is 9.71. The minimum absolute atomic E-state index is 0.0836. The van der Waals surface area contributed by atoms with Crippen molar-refractivity contribution in [3.63, 3.8) is 0 Å². The molecular formula is C87H86Cl4O8. The average molecular weight is 1400 g/mol. The minimum Gasteiger partial charge on any atom is -0.508 e. The summed E-state index contributed by atoms with van der Waals surface area (Å²) in [5.74, 6) is 2.31. The number of allylic oxidation sites excluding steroid dienone is 2. The third kappa shape index (κ3) is 17.2. The van der Waals surface area contributed by atoms with Gasteiger partial charge in [0.15, 0.2) is 0 Å². The maximum Gasteiger partial charge on any atom is 0.134 e. The molecule has 0 heterocycles. The second-order valence-electron chi connectivity index (χ2n) is 27.6. The largest absolute Gasteiger partial charge is 0.508 e. The SMILES string of the molecule is CC(C)(c1ccc(C(C)(C)c2ccc(O)c(Cl)c2)cc1)c1ccc(O)c(Cl)c1.CC(C)(c1cccc(C(C)(C)c2ccc(O)c(Cl)c2)c1)c1ccc(O)c(Cl)c1.CC(c1ccccc1)(c1ccc(O)cc1)c1ccc(O)cc1.Oc1ccc(C(c2ccc(O)cc2)C2CC=CCC2)cc1. The second-order valence-corrected chi connectivity index (χ2v) is 29.2. The van der Waals surface area contributed by atoms with Gasteiger partial charge in [0.25, 0.3) is 0 Å². The first-order valence-corrected chi connectivity index (χ1v) is 34.5. The van der Waals surface area contributed by atoms with E-state index in [2.05, 4.69) is 135 Å². The Kier molecular flexibility index (Phi) is 23.4. The van der Waals surface area contributed by atoms with E-state index in [-0.39, 0.29) is 61.6 Å². The van der Waals surface area contributed by atoms with Crippen LogP contribution in [-0.2, 0) is 27.1 Å². The topological polar surface area (TPSA) is 162 Å². The molecule has 1 atom stereocenters. The average Bonchev–Trinajstić information content (AvgIpc) is 0.793. The molecule has 8 nitrogen and oxygen atoms in total. The third-order valence-electron chi connectivity index (χ3n) is 19.8. The third-order valence-corrected chi connectivity index (χ3v) is 21.0. The van der Waals surface area contributed by atoms with Crippen LogP contribution >= 0.6 is 46.4 Å². The summed E-state index contributed by atoms with van der Waals surface area (Å²) in [7, 11) is 0. The number of phenolic OH excluding ortho intramolecular Hbond substituents is 8. The summed E-state index contributed by atoms with van der Waals surface area (Å²) < 4.78 is 0. The van der Waals surface area contributed by atoms with Gasteiger partial charge in [-0.3, -0.25) is 0 Å². The maximum atomic E-state index is 9.74. The normalized spacial score (nSPS) is 13.3. The van der Waals surface area contributed by atoms with E-state index in [1.807, 2.05) is 115 Å². The van der Waals surface area contributed by atoms with Gasteiger partial charge in [0.1, 0.15) is 46.0 Å². The highest BCUT2D eigenvalue weighted by atomic mass is 35.5. The van der Waals surface area contributed by atoms with Crippen LogP contribution in [0.1, 0.15) is 160 Å². The van der Waals surface area contributed by atoms with E-state index >= 15 is 0 Å². The molecule has 0 fully saturated rings.